The monoisotopic (exact) mass is 313 g/mol. The van der Waals surface area contributed by atoms with E-state index >= 15 is 0 Å². The molecule has 2 rings (SSSR count). The lowest BCUT2D eigenvalue weighted by Crippen LogP contribution is -2.44. The molecule has 0 bridgehead atoms. The first kappa shape index (κ1) is 13.8. The van der Waals surface area contributed by atoms with E-state index in [1.807, 2.05) is 12.1 Å². The number of morpholine rings is 1. The maximum absolute atomic E-state index is 5.85. The molecule has 0 spiro atoms. The SMILES string of the molecule is CCN1CCOC(COc2ccc(Br)cc2C)C1. The first-order chi connectivity index (χ1) is 8.69. The van der Waals surface area contributed by atoms with Gasteiger partial charge in [-0.25, -0.2) is 0 Å². The Hall–Kier alpha value is -0.580. The van der Waals surface area contributed by atoms with Crippen molar-refractivity contribution in [3.8, 4) is 5.75 Å². The number of halogens is 1. The first-order valence-corrected chi connectivity index (χ1v) is 7.21. The summed E-state index contributed by atoms with van der Waals surface area (Å²) in [6.45, 7) is 8.75. The normalized spacial score (nSPS) is 20.9. The predicted octanol–water partition coefficient (Wildman–Crippen LogP) is 2.86. The summed E-state index contributed by atoms with van der Waals surface area (Å²) in [5.41, 5.74) is 1.15. The Morgan fingerprint density at radius 1 is 1.50 bits per heavy atom. The van der Waals surface area contributed by atoms with Crippen molar-refractivity contribution in [1.82, 2.24) is 4.90 Å². The molecule has 1 aromatic rings. The van der Waals surface area contributed by atoms with Gasteiger partial charge in [0.2, 0.25) is 0 Å². The zero-order valence-electron chi connectivity index (χ0n) is 11.0. The van der Waals surface area contributed by atoms with Gasteiger partial charge in [0.25, 0.3) is 0 Å². The zero-order chi connectivity index (χ0) is 13.0. The summed E-state index contributed by atoms with van der Waals surface area (Å²) in [5.74, 6) is 0.940. The molecule has 1 aliphatic rings. The highest BCUT2D eigenvalue weighted by Gasteiger charge is 2.19. The van der Waals surface area contributed by atoms with Gasteiger partial charge in [0.1, 0.15) is 18.5 Å². The highest BCUT2D eigenvalue weighted by molar-refractivity contribution is 9.10. The molecule has 1 saturated heterocycles. The molecule has 0 saturated carbocycles. The van der Waals surface area contributed by atoms with Gasteiger partial charge in [0.15, 0.2) is 0 Å². The summed E-state index contributed by atoms with van der Waals surface area (Å²) >= 11 is 3.45. The van der Waals surface area contributed by atoms with Crippen molar-refractivity contribution in [2.75, 3.05) is 32.8 Å². The summed E-state index contributed by atoms with van der Waals surface area (Å²) in [6.07, 6.45) is 0.182. The largest absolute Gasteiger partial charge is 0.491 e. The van der Waals surface area contributed by atoms with Crippen LogP contribution in [0.5, 0.6) is 5.75 Å². The number of hydrogen-bond acceptors (Lipinski definition) is 3. The molecule has 3 nitrogen and oxygen atoms in total. The van der Waals surface area contributed by atoms with Crippen molar-refractivity contribution in [3.63, 3.8) is 0 Å². The molecule has 100 valence electrons. The fourth-order valence-corrected chi connectivity index (χ4v) is 2.60. The number of ether oxygens (including phenoxy) is 2. The van der Waals surface area contributed by atoms with Crippen LogP contribution in [0.4, 0.5) is 0 Å². The summed E-state index contributed by atoms with van der Waals surface area (Å²) in [7, 11) is 0. The predicted molar refractivity (Wildman–Crippen MR) is 76.2 cm³/mol. The van der Waals surface area contributed by atoms with Crippen LogP contribution < -0.4 is 4.74 Å². The lowest BCUT2D eigenvalue weighted by Gasteiger charge is -2.31. The van der Waals surface area contributed by atoms with Gasteiger partial charge in [0.05, 0.1) is 6.61 Å². The zero-order valence-corrected chi connectivity index (χ0v) is 12.6. The topological polar surface area (TPSA) is 21.7 Å². The molecule has 1 aliphatic heterocycles. The smallest absolute Gasteiger partial charge is 0.122 e. The fraction of sp³-hybridized carbons (Fsp3) is 0.571. The van der Waals surface area contributed by atoms with Gasteiger partial charge in [-0.2, -0.15) is 0 Å². The second-order valence-electron chi connectivity index (χ2n) is 4.61. The van der Waals surface area contributed by atoms with Gasteiger partial charge >= 0.3 is 0 Å². The molecule has 1 aromatic carbocycles. The third kappa shape index (κ3) is 3.70. The van der Waals surface area contributed by atoms with Crippen LogP contribution in [0.3, 0.4) is 0 Å². The molecule has 1 heterocycles. The molecule has 0 amide bonds. The Morgan fingerprint density at radius 3 is 3.06 bits per heavy atom. The minimum absolute atomic E-state index is 0.182. The Morgan fingerprint density at radius 2 is 2.33 bits per heavy atom. The number of nitrogens with zero attached hydrogens (tertiary/aromatic N) is 1. The van der Waals surface area contributed by atoms with Crippen molar-refractivity contribution in [3.05, 3.63) is 28.2 Å². The Labute approximate surface area is 117 Å². The van der Waals surface area contributed by atoms with E-state index in [-0.39, 0.29) is 6.10 Å². The third-order valence-electron chi connectivity index (χ3n) is 3.23. The second-order valence-corrected chi connectivity index (χ2v) is 5.52. The van der Waals surface area contributed by atoms with Crippen molar-refractivity contribution in [1.29, 1.82) is 0 Å². The van der Waals surface area contributed by atoms with Crippen LogP contribution in [0.25, 0.3) is 0 Å². The van der Waals surface area contributed by atoms with Crippen LogP contribution in [-0.4, -0.2) is 43.9 Å². The van der Waals surface area contributed by atoms with Gasteiger partial charge in [-0.05, 0) is 37.2 Å². The number of benzene rings is 1. The van der Waals surface area contributed by atoms with E-state index in [2.05, 4.69) is 40.7 Å². The summed E-state index contributed by atoms with van der Waals surface area (Å²) in [4.78, 5) is 2.39. The molecule has 1 fully saturated rings. The van der Waals surface area contributed by atoms with E-state index in [1.54, 1.807) is 0 Å². The van der Waals surface area contributed by atoms with Crippen molar-refractivity contribution in [2.24, 2.45) is 0 Å². The van der Waals surface area contributed by atoms with E-state index in [4.69, 9.17) is 9.47 Å². The van der Waals surface area contributed by atoms with Crippen LogP contribution in [0.2, 0.25) is 0 Å². The van der Waals surface area contributed by atoms with Gasteiger partial charge in [-0.15, -0.1) is 0 Å². The molecular formula is C14H20BrNO2. The quantitative estimate of drug-likeness (QED) is 0.853. The van der Waals surface area contributed by atoms with Gasteiger partial charge in [0, 0.05) is 17.6 Å². The maximum Gasteiger partial charge on any atom is 0.122 e. The molecule has 18 heavy (non-hydrogen) atoms. The lowest BCUT2D eigenvalue weighted by atomic mass is 10.2. The third-order valence-corrected chi connectivity index (χ3v) is 3.73. The van der Waals surface area contributed by atoms with E-state index in [9.17, 15) is 0 Å². The fourth-order valence-electron chi connectivity index (χ4n) is 2.13. The Kier molecular flexibility index (Phi) is 5.03. The van der Waals surface area contributed by atoms with Crippen molar-refractivity contribution in [2.45, 2.75) is 20.0 Å². The maximum atomic E-state index is 5.85. The highest BCUT2D eigenvalue weighted by atomic mass is 79.9. The summed E-state index contributed by atoms with van der Waals surface area (Å²) in [6, 6.07) is 6.07. The number of hydrogen-bond donors (Lipinski definition) is 0. The molecule has 4 heteroatoms. The molecule has 0 radical (unpaired) electrons. The molecule has 0 N–H and O–H groups in total. The summed E-state index contributed by atoms with van der Waals surface area (Å²) in [5, 5.41) is 0. The van der Waals surface area contributed by atoms with E-state index in [0.29, 0.717) is 6.61 Å². The summed E-state index contributed by atoms with van der Waals surface area (Å²) < 4.78 is 12.7. The van der Waals surface area contributed by atoms with E-state index in [0.717, 1.165) is 42.0 Å². The lowest BCUT2D eigenvalue weighted by molar-refractivity contribution is -0.0464. The van der Waals surface area contributed by atoms with Gasteiger partial charge in [-0.1, -0.05) is 22.9 Å². The van der Waals surface area contributed by atoms with Crippen LogP contribution in [0, 0.1) is 6.92 Å². The molecule has 1 atom stereocenters. The Bertz CT molecular complexity index is 397. The van der Waals surface area contributed by atoms with Gasteiger partial charge in [-0.3, -0.25) is 4.90 Å². The second kappa shape index (κ2) is 6.55. The number of aryl methyl sites for hydroxylation is 1. The first-order valence-electron chi connectivity index (χ1n) is 6.42. The molecule has 0 aliphatic carbocycles. The molecule has 0 aromatic heterocycles. The number of rotatable bonds is 4. The standard InChI is InChI=1S/C14H20BrNO2/c1-3-16-6-7-17-13(9-16)10-18-14-5-4-12(15)8-11(14)2/h4-5,8,13H,3,6-7,9-10H2,1-2H3. The van der Waals surface area contributed by atoms with Crippen LogP contribution in [-0.2, 0) is 4.74 Å². The highest BCUT2D eigenvalue weighted by Crippen LogP contribution is 2.22. The number of likely N-dealkylation sites (N-methyl/N-ethyl adjacent to an activating group) is 1. The average molecular weight is 314 g/mol. The minimum Gasteiger partial charge on any atom is -0.491 e. The van der Waals surface area contributed by atoms with Crippen LogP contribution in [0.15, 0.2) is 22.7 Å². The van der Waals surface area contributed by atoms with E-state index in [1.165, 1.54) is 0 Å². The van der Waals surface area contributed by atoms with Gasteiger partial charge < -0.3 is 9.47 Å². The molecular weight excluding hydrogens is 294 g/mol. The van der Waals surface area contributed by atoms with Crippen molar-refractivity contribution < 1.29 is 9.47 Å². The van der Waals surface area contributed by atoms with Crippen LogP contribution in [0.1, 0.15) is 12.5 Å². The minimum atomic E-state index is 0.182. The molecule has 1 unspecified atom stereocenters. The average Bonchev–Trinajstić information content (AvgIpc) is 2.38. The van der Waals surface area contributed by atoms with Crippen molar-refractivity contribution >= 4 is 15.9 Å². The Balaban J connectivity index is 1.87. The van der Waals surface area contributed by atoms with E-state index < -0.39 is 0 Å². The van der Waals surface area contributed by atoms with Crippen LogP contribution >= 0.6 is 15.9 Å².